The maximum atomic E-state index is 13.4. The third-order valence-electron chi connectivity index (χ3n) is 7.67. The molecule has 40 heavy (non-hydrogen) atoms. The molecule has 8 heteroatoms. The quantitative estimate of drug-likeness (QED) is 0.269. The lowest BCUT2D eigenvalue weighted by molar-refractivity contribution is -0.116. The van der Waals surface area contributed by atoms with Crippen LogP contribution in [0.4, 0.5) is 0 Å². The van der Waals surface area contributed by atoms with Gasteiger partial charge >= 0.3 is 0 Å². The molecule has 8 nitrogen and oxygen atoms in total. The van der Waals surface area contributed by atoms with Crippen LogP contribution in [0.25, 0.3) is 0 Å². The van der Waals surface area contributed by atoms with E-state index in [1.54, 1.807) is 14.2 Å². The summed E-state index contributed by atoms with van der Waals surface area (Å²) in [7, 11) is 3.20. The van der Waals surface area contributed by atoms with Crippen LogP contribution in [0.2, 0.25) is 0 Å². The first-order valence-electron chi connectivity index (χ1n) is 13.7. The van der Waals surface area contributed by atoms with Crippen molar-refractivity contribution >= 4 is 17.3 Å². The Balaban J connectivity index is 1.38. The minimum absolute atomic E-state index is 0.00902. The van der Waals surface area contributed by atoms with Gasteiger partial charge in [-0.25, -0.2) is 0 Å². The van der Waals surface area contributed by atoms with E-state index in [-0.39, 0.29) is 29.7 Å². The molecular formula is C32H34N2O6. The molecule has 208 valence electrons. The molecule has 0 spiro atoms. The van der Waals surface area contributed by atoms with Crippen LogP contribution in [0.1, 0.15) is 71.0 Å². The topological polar surface area (TPSA) is 111 Å². The molecule has 1 aromatic heterocycles. The Morgan fingerprint density at radius 2 is 1.80 bits per heavy atom. The van der Waals surface area contributed by atoms with Gasteiger partial charge in [-0.3, -0.25) is 14.6 Å². The number of aliphatic hydroxyl groups excluding tert-OH is 1. The van der Waals surface area contributed by atoms with Gasteiger partial charge in [-0.1, -0.05) is 41.6 Å². The number of allylic oxidation sites excluding steroid dienone is 2. The van der Waals surface area contributed by atoms with E-state index in [0.29, 0.717) is 84.9 Å². The summed E-state index contributed by atoms with van der Waals surface area (Å²) in [6.07, 6.45) is 3.91. The fourth-order valence-corrected chi connectivity index (χ4v) is 5.60. The van der Waals surface area contributed by atoms with Gasteiger partial charge < -0.3 is 19.1 Å². The third kappa shape index (κ3) is 5.86. The lowest BCUT2D eigenvalue weighted by atomic mass is 9.78. The van der Waals surface area contributed by atoms with E-state index < -0.39 is 0 Å². The van der Waals surface area contributed by atoms with E-state index in [1.807, 2.05) is 48.5 Å². The molecule has 1 atom stereocenters. The van der Waals surface area contributed by atoms with Crippen LogP contribution in [0.3, 0.4) is 0 Å². The number of hydrogen-bond donors (Lipinski definition) is 1. The molecule has 1 heterocycles. The standard InChI is InChI=1S/C32H34N2O6/c1-38-28-14-11-20(17-30(28)39-2)15-16-33-24-18-22(21-7-4-3-5-8-21)19-27(37)31(24)26(36)13-12-23-32-25(35)9-6-10-29(32)40-34-23/h3-5,7-8,11,14,17,22,36H,6,9-10,12-13,15-16,18-19H2,1-2H3/b31-26+,33-24?. The molecule has 1 saturated carbocycles. The summed E-state index contributed by atoms with van der Waals surface area (Å²) in [6.45, 7) is 0.446. The molecule has 0 amide bonds. The average molecular weight is 543 g/mol. The van der Waals surface area contributed by atoms with Crippen LogP contribution in [0, 0.1) is 0 Å². The van der Waals surface area contributed by atoms with Crippen LogP contribution in [0.5, 0.6) is 11.5 Å². The molecule has 5 rings (SSSR count). The van der Waals surface area contributed by atoms with E-state index in [0.717, 1.165) is 17.5 Å². The maximum Gasteiger partial charge on any atom is 0.168 e. The molecule has 0 saturated heterocycles. The monoisotopic (exact) mass is 542 g/mol. The highest BCUT2D eigenvalue weighted by Gasteiger charge is 2.33. The summed E-state index contributed by atoms with van der Waals surface area (Å²) in [5.41, 5.74) is 4.11. The summed E-state index contributed by atoms with van der Waals surface area (Å²) in [5, 5.41) is 15.3. The Hall–Kier alpha value is -4.20. The number of rotatable bonds is 9. The molecule has 0 aliphatic heterocycles. The number of hydrogen-bond acceptors (Lipinski definition) is 8. The second kappa shape index (κ2) is 12.3. The first-order chi connectivity index (χ1) is 19.5. The largest absolute Gasteiger partial charge is 0.511 e. The Kier molecular flexibility index (Phi) is 8.43. The molecule has 2 aliphatic carbocycles. The van der Waals surface area contributed by atoms with Gasteiger partial charge in [0.15, 0.2) is 23.1 Å². The van der Waals surface area contributed by atoms with Crippen molar-refractivity contribution < 1.29 is 28.7 Å². The number of fused-ring (bicyclic) bond motifs is 1. The summed E-state index contributed by atoms with van der Waals surface area (Å²) in [5.74, 6) is 1.81. The summed E-state index contributed by atoms with van der Waals surface area (Å²) in [4.78, 5) is 30.7. The average Bonchev–Trinajstić information content (AvgIpc) is 3.40. The fourth-order valence-electron chi connectivity index (χ4n) is 5.60. The van der Waals surface area contributed by atoms with Crippen LogP contribution in [-0.2, 0) is 24.1 Å². The molecule has 0 radical (unpaired) electrons. The molecule has 3 aromatic rings. The van der Waals surface area contributed by atoms with E-state index in [2.05, 4.69) is 5.16 Å². The number of ether oxygens (including phenoxy) is 2. The molecule has 1 fully saturated rings. The highest BCUT2D eigenvalue weighted by atomic mass is 16.5. The maximum absolute atomic E-state index is 13.4. The molecule has 1 N–H and O–H groups in total. The van der Waals surface area contributed by atoms with E-state index in [1.165, 1.54) is 0 Å². The molecule has 0 bridgehead atoms. The van der Waals surface area contributed by atoms with E-state index in [9.17, 15) is 14.7 Å². The van der Waals surface area contributed by atoms with Crippen molar-refractivity contribution in [1.29, 1.82) is 0 Å². The number of nitrogens with zero attached hydrogens (tertiary/aromatic N) is 2. The van der Waals surface area contributed by atoms with Crippen LogP contribution >= 0.6 is 0 Å². The number of aliphatic hydroxyl groups is 1. The van der Waals surface area contributed by atoms with Gasteiger partial charge in [0.05, 0.1) is 31.1 Å². The van der Waals surface area contributed by atoms with Crippen molar-refractivity contribution in [3.8, 4) is 11.5 Å². The predicted molar refractivity (Wildman–Crippen MR) is 151 cm³/mol. The van der Waals surface area contributed by atoms with Crippen molar-refractivity contribution in [2.24, 2.45) is 4.99 Å². The van der Waals surface area contributed by atoms with Crippen molar-refractivity contribution in [2.45, 2.75) is 57.3 Å². The van der Waals surface area contributed by atoms with Crippen molar-refractivity contribution in [1.82, 2.24) is 5.16 Å². The Morgan fingerprint density at radius 3 is 2.58 bits per heavy atom. The SMILES string of the molecule is COc1ccc(CCN=C2CC(c3ccccc3)CC(=O)/C2=C(/O)CCc2noc3c2C(=O)CCC3)cc1OC. The predicted octanol–water partition coefficient (Wildman–Crippen LogP) is 5.79. The first kappa shape index (κ1) is 27.4. The highest BCUT2D eigenvalue weighted by Crippen LogP contribution is 2.34. The first-order valence-corrected chi connectivity index (χ1v) is 13.7. The zero-order valence-electron chi connectivity index (χ0n) is 22.9. The zero-order valence-corrected chi connectivity index (χ0v) is 22.9. The number of Topliss-reactive ketones (excluding diaryl/α,β-unsaturated/α-hetero) is 2. The molecule has 1 unspecified atom stereocenters. The Bertz CT molecular complexity index is 1450. The van der Waals surface area contributed by atoms with Crippen molar-refractivity contribution in [3.63, 3.8) is 0 Å². The van der Waals surface area contributed by atoms with Crippen molar-refractivity contribution in [2.75, 3.05) is 20.8 Å². The second-order valence-corrected chi connectivity index (χ2v) is 10.2. The highest BCUT2D eigenvalue weighted by molar-refractivity contribution is 6.24. The molecule has 2 aromatic carbocycles. The normalized spacial score (nSPS) is 19.4. The van der Waals surface area contributed by atoms with Gasteiger partial charge in [0, 0.05) is 44.4 Å². The number of aliphatic imine (C=N–C) groups is 1. The molecule has 2 aliphatic rings. The van der Waals surface area contributed by atoms with Crippen LogP contribution < -0.4 is 9.47 Å². The summed E-state index contributed by atoms with van der Waals surface area (Å²) < 4.78 is 16.1. The van der Waals surface area contributed by atoms with Crippen LogP contribution in [0.15, 0.2) is 69.4 Å². The summed E-state index contributed by atoms with van der Waals surface area (Å²) >= 11 is 0. The number of carbonyl (C=O) groups is 2. The minimum Gasteiger partial charge on any atom is -0.511 e. The fraction of sp³-hybridized carbons (Fsp3) is 0.375. The zero-order chi connectivity index (χ0) is 28.1. The van der Waals surface area contributed by atoms with Crippen LogP contribution in [-0.4, -0.2) is 48.3 Å². The van der Waals surface area contributed by atoms with Gasteiger partial charge in [0.1, 0.15) is 11.5 Å². The van der Waals surface area contributed by atoms with Gasteiger partial charge in [0.25, 0.3) is 0 Å². The summed E-state index contributed by atoms with van der Waals surface area (Å²) in [6, 6.07) is 15.7. The Morgan fingerprint density at radius 1 is 1.00 bits per heavy atom. The lowest BCUT2D eigenvalue weighted by Gasteiger charge is -2.26. The number of aromatic nitrogens is 1. The third-order valence-corrected chi connectivity index (χ3v) is 7.67. The van der Waals surface area contributed by atoms with Gasteiger partial charge in [0.2, 0.25) is 0 Å². The smallest absolute Gasteiger partial charge is 0.168 e. The van der Waals surface area contributed by atoms with E-state index in [4.69, 9.17) is 19.0 Å². The van der Waals surface area contributed by atoms with Gasteiger partial charge in [-0.15, -0.1) is 0 Å². The number of aryl methyl sites for hydroxylation is 2. The number of methoxy groups -OCH3 is 2. The number of ketones is 2. The minimum atomic E-state index is -0.124. The molecular weight excluding hydrogens is 508 g/mol. The van der Waals surface area contributed by atoms with Crippen molar-refractivity contribution in [3.05, 3.63) is 88.0 Å². The number of carbonyl (C=O) groups excluding carboxylic acids is 2. The van der Waals surface area contributed by atoms with E-state index >= 15 is 0 Å². The van der Waals surface area contributed by atoms with Gasteiger partial charge in [-0.05, 0) is 48.4 Å². The Labute approximate surface area is 233 Å². The second-order valence-electron chi connectivity index (χ2n) is 10.2. The number of benzene rings is 2. The lowest BCUT2D eigenvalue weighted by Crippen LogP contribution is -2.27. The van der Waals surface area contributed by atoms with Gasteiger partial charge in [-0.2, -0.15) is 0 Å².